The van der Waals surface area contributed by atoms with Crippen molar-refractivity contribution >= 4 is 17.2 Å². The Labute approximate surface area is 141 Å². The molecule has 3 rings (SSSR count). The van der Waals surface area contributed by atoms with E-state index in [0.717, 1.165) is 16.3 Å². The molecule has 122 valence electrons. The van der Waals surface area contributed by atoms with Crippen molar-refractivity contribution in [3.63, 3.8) is 0 Å². The molecule has 3 atom stereocenters. The van der Waals surface area contributed by atoms with E-state index in [2.05, 4.69) is 24.0 Å². The summed E-state index contributed by atoms with van der Waals surface area (Å²) >= 11 is 1.59. The van der Waals surface area contributed by atoms with Crippen molar-refractivity contribution in [1.82, 2.24) is 9.88 Å². The molecule has 23 heavy (non-hydrogen) atoms. The molecular formula is C18H22N2O2S. The van der Waals surface area contributed by atoms with Crippen LogP contribution in [-0.4, -0.2) is 34.5 Å². The molecule has 1 aromatic carbocycles. The van der Waals surface area contributed by atoms with Gasteiger partial charge in [-0.15, -0.1) is 11.3 Å². The SMILES string of the molecule is Cc1nc(CC(=O)N2[C@H](C)CO[C@@H](c3ccccc3)[C@@H]2C)cs1. The Balaban J connectivity index is 1.77. The second-order valence-electron chi connectivity index (χ2n) is 6.09. The molecule has 0 radical (unpaired) electrons. The Bertz CT molecular complexity index is 671. The Morgan fingerprint density at radius 2 is 2.09 bits per heavy atom. The second-order valence-corrected chi connectivity index (χ2v) is 7.15. The summed E-state index contributed by atoms with van der Waals surface area (Å²) in [6.45, 7) is 6.63. The number of carbonyl (C=O) groups is 1. The first-order valence-corrected chi connectivity index (χ1v) is 8.83. The number of carbonyl (C=O) groups excluding carboxylic acids is 1. The molecule has 1 fully saturated rings. The predicted molar refractivity (Wildman–Crippen MR) is 91.5 cm³/mol. The molecule has 1 saturated heterocycles. The van der Waals surface area contributed by atoms with Gasteiger partial charge in [-0.3, -0.25) is 4.79 Å². The van der Waals surface area contributed by atoms with Crippen LogP contribution in [0.4, 0.5) is 0 Å². The maximum Gasteiger partial charge on any atom is 0.229 e. The summed E-state index contributed by atoms with van der Waals surface area (Å²) in [6.07, 6.45) is 0.286. The van der Waals surface area contributed by atoms with E-state index in [0.29, 0.717) is 13.0 Å². The van der Waals surface area contributed by atoms with Crippen molar-refractivity contribution in [3.05, 3.63) is 52.0 Å². The molecule has 4 nitrogen and oxygen atoms in total. The van der Waals surface area contributed by atoms with Gasteiger partial charge in [0.1, 0.15) is 6.10 Å². The summed E-state index contributed by atoms with van der Waals surface area (Å²) in [4.78, 5) is 19.2. The first kappa shape index (κ1) is 16.1. The van der Waals surface area contributed by atoms with Crippen LogP contribution in [0.2, 0.25) is 0 Å². The Hall–Kier alpha value is -1.72. The van der Waals surface area contributed by atoms with E-state index in [1.807, 2.05) is 42.3 Å². The summed E-state index contributed by atoms with van der Waals surface area (Å²) in [5.41, 5.74) is 1.98. The van der Waals surface area contributed by atoms with Crippen LogP contribution < -0.4 is 0 Å². The first-order chi connectivity index (χ1) is 11.1. The second kappa shape index (κ2) is 6.81. The van der Waals surface area contributed by atoms with E-state index < -0.39 is 0 Å². The van der Waals surface area contributed by atoms with Crippen molar-refractivity contribution in [2.24, 2.45) is 0 Å². The Kier molecular flexibility index (Phi) is 4.78. The van der Waals surface area contributed by atoms with Crippen molar-refractivity contribution in [1.29, 1.82) is 0 Å². The zero-order chi connectivity index (χ0) is 16.4. The van der Waals surface area contributed by atoms with E-state index in [1.165, 1.54) is 0 Å². The molecular weight excluding hydrogens is 308 g/mol. The van der Waals surface area contributed by atoms with Gasteiger partial charge in [-0.2, -0.15) is 0 Å². The molecule has 1 aliphatic heterocycles. The fraction of sp³-hybridized carbons (Fsp3) is 0.444. The van der Waals surface area contributed by atoms with Gasteiger partial charge in [0.05, 0.1) is 35.8 Å². The van der Waals surface area contributed by atoms with Gasteiger partial charge in [0.25, 0.3) is 0 Å². The van der Waals surface area contributed by atoms with E-state index in [1.54, 1.807) is 11.3 Å². The number of hydrogen-bond donors (Lipinski definition) is 0. The summed E-state index contributed by atoms with van der Waals surface area (Å²) in [6, 6.07) is 10.2. The number of aryl methyl sites for hydroxylation is 1. The largest absolute Gasteiger partial charge is 0.369 e. The molecule has 1 aliphatic rings. The Morgan fingerprint density at radius 1 is 1.35 bits per heavy atom. The van der Waals surface area contributed by atoms with Gasteiger partial charge in [-0.05, 0) is 26.3 Å². The number of benzene rings is 1. The lowest BCUT2D eigenvalue weighted by Crippen LogP contribution is -2.54. The molecule has 5 heteroatoms. The smallest absolute Gasteiger partial charge is 0.229 e. The van der Waals surface area contributed by atoms with Gasteiger partial charge in [0, 0.05) is 5.38 Å². The molecule has 2 aromatic rings. The third kappa shape index (κ3) is 3.46. The van der Waals surface area contributed by atoms with Gasteiger partial charge < -0.3 is 9.64 Å². The first-order valence-electron chi connectivity index (χ1n) is 7.95. The molecule has 0 aliphatic carbocycles. The highest BCUT2D eigenvalue weighted by molar-refractivity contribution is 7.09. The number of thiazole rings is 1. The number of aromatic nitrogens is 1. The number of rotatable bonds is 3. The maximum atomic E-state index is 12.8. The number of nitrogens with zero attached hydrogens (tertiary/aromatic N) is 2. The zero-order valence-electron chi connectivity index (χ0n) is 13.7. The lowest BCUT2D eigenvalue weighted by Gasteiger charge is -2.43. The van der Waals surface area contributed by atoms with Gasteiger partial charge >= 0.3 is 0 Å². The third-order valence-corrected chi connectivity index (χ3v) is 5.11. The van der Waals surface area contributed by atoms with E-state index in [4.69, 9.17) is 4.74 Å². The molecule has 0 N–H and O–H groups in total. The fourth-order valence-electron chi connectivity index (χ4n) is 3.24. The van der Waals surface area contributed by atoms with Crippen molar-refractivity contribution in [2.75, 3.05) is 6.61 Å². The summed E-state index contributed by atoms with van der Waals surface area (Å²) < 4.78 is 6.02. The van der Waals surface area contributed by atoms with Crippen LogP contribution in [-0.2, 0) is 16.0 Å². The fourth-order valence-corrected chi connectivity index (χ4v) is 3.85. The monoisotopic (exact) mass is 330 g/mol. The van der Waals surface area contributed by atoms with Crippen LogP contribution in [0, 0.1) is 6.92 Å². The van der Waals surface area contributed by atoms with E-state index >= 15 is 0 Å². The van der Waals surface area contributed by atoms with Gasteiger partial charge in [-0.1, -0.05) is 30.3 Å². The minimum atomic E-state index is -0.0754. The molecule has 0 spiro atoms. The van der Waals surface area contributed by atoms with Crippen LogP contribution in [0.3, 0.4) is 0 Å². The minimum Gasteiger partial charge on any atom is -0.369 e. The highest BCUT2D eigenvalue weighted by atomic mass is 32.1. The molecule has 1 amide bonds. The lowest BCUT2D eigenvalue weighted by atomic mass is 9.98. The van der Waals surface area contributed by atoms with Gasteiger partial charge in [0.15, 0.2) is 0 Å². The van der Waals surface area contributed by atoms with Gasteiger partial charge in [-0.25, -0.2) is 4.98 Å². The molecule has 2 heterocycles. The summed E-state index contributed by atoms with van der Waals surface area (Å²) in [7, 11) is 0. The normalized spacial score (nSPS) is 24.7. The quantitative estimate of drug-likeness (QED) is 0.866. The van der Waals surface area contributed by atoms with E-state index in [9.17, 15) is 4.79 Å². The van der Waals surface area contributed by atoms with Crippen molar-refractivity contribution < 1.29 is 9.53 Å². The third-order valence-electron chi connectivity index (χ3n) is 4.28. The van der Waals surface area contributed by atoms with E-state index in [-0.39, 0.29) is 24.1 Å². The van der Waals surface area contributed by atoms with Crippen molar-refractivity contribution in [2.45, 2.75) is 45.4 Å². The lowest BCUT2D eigenvalue weighted by molar-refractivity contribution is -0.152. The summed E-state index contributed by atoms with van der Waals surface area (Å²) in [5, 5.41) is 2.97. The van der Waals surface area contributed by atoms with Crippen LogP contribution in [0.5, 0.6) is 0 Å². The number of amides is 1. The highest BCUT2D eigenvalue weighted by Gasteiger charge is 2.37. The molecule has 0 saturated carbocycles. The number of hydrogen-bond acceptors (Lipinski definition) is 4. The predicted octanol–water partition coefficient (Wildman–Crippen LogP) is 3.37. The Morgan fingerprint density at radius 3 is 2.74 bits per heavy atom. The topological polar surface area (TPSA) is 42.4 Å². The number of ether oxygens (including phenoxy) is 1. The highest BCUT2D eigenvalue weighted by Crippen LogP contribution is 2.31. The van der Waals surface area contributed by atoms with Crippen LogP contribution >= 0.6 is 11.3 Å². The standard InChI is InChI=1S/C18H22N2O2S/c1-12-10-22-18(15-7-5-4-6-8-15)13(2)20(12)17(21)9-16-11-23-14(3)19-16/h4-8,11-13,18H,9-10H2,1-3H3/t12-,13+,18-/m1/s1. The minimum absolute atomic E-state index is 0.00776. The number of morpholine rings is 1. The zero-order valence-corrected chi connectivity index (χ0v) is 14.5. The molecule has 1 aromatic heterocycles. The maximum absolute atomic E-state index is 12.8. The molecule has 0 unspecified atom stereocenters. The van der Waals surface area contributed by atoms with Crippen LogP contribution in [0.25, 0.3) is 0 Å². The summed E-state index contributed by atoms with van der Waals surface area (Å²) in [5.74, 6) is 0.125. The average Bonchev–Trinajstić information content (AvgIpc) is 2.93. The van der Waals surface area contributed by atoms with Crippen molar-refractivity contribution in [3.8, 4) is 0 Å². The van der Waals surface area contributed by atoms with Crippen LogP contribution in [0.15, 0.2) is 35.7 Å². The molecule has 0 bridgehead atoms. The van der Waals surface area contributed by atoms with Gasteiger partial charge in [0.2, 0.25) is 5.91 Å². The average molecular weight is 330 g/mol. The van der Waals surface area contributed by atoms with Crippen LogP contribution in [0.1, 0.15) is 36.2 Å².